The van der Waals surface area contributed by atoms with Crippen LogP contribution in [0.15, 0.2) is 42.7 Å². The molecule has 0 aliphatic carbocycles. The van der Waals surface area contributed by atoms with Crippen LogP contribution in [-0.4, -0.2) is 34.9 Å². The number of amides is 1. The largest absolute Gasteiger partial charge is 0.435 e. The molecule has 0 saturated heterocycles. The standard InChI is InChI=1S/C19H17F7N4O/c1-12(31)30-11-29(28-9-13-3-2-6-27-8-13)10-14-7-15(4-5-16(14)30)17(20,18(21,22)23)19(24,25)26/h2-8,28H,9-11H2,1H3. The number of fused-ring (bicyclic) bond motifs is 1. The Bertz CT molecular complexity index is 933. The van der Waals surface area contributed by atoms with Gasteiger partial charge in [-0.25, -0.2) is 14.8 Å². The lowest BCUT2D eigenvalue weighted by Gasteiger charge is -2.38. The average molecular weight is 450 g/mol. The summed E-state index contributed by atoms with van der Waals surface area (Å²) in [6, 6.07) is 5.25. The van der Waals surface area contributed by atoms with Gasteiger partial charge >= 0.3 is 18.0 Å². The fourth-order valence-corrected chi connectivity index (χ4v) is 3.26. The van der Waals surface area contributed by atoms with Gasteiger partial charge in [0.2, 0.25) is 5.91 Å². The number of hydrazine groups is 1. The summed E-state index contributed by atoms with van der Waals surface area (Å²) in [5.41, 5.74) is -3.38. The Kier molecular flexibility index (Phi) is 5.98. The van der Waals surface area contributed by atoms with E-state index in [0.29, 0.717) is 12.1 Å². The fraction of sp³-hybridized carbons (Fsp3) is 0.368. The first-order valence-electron chi connectivity index (χ1n) is 8.96. The fourth-order valence-electron chi connectivity index (χ4n) is 3.26. The highest BCUT2D eigenvalue weighted by molar-refractivity contribution is 5.92. The molecule has 0 fully saturated rings. The Morgan fingerprint density at radius 2 is 1.77 bits per heavy atom. The van der Waals surface area contributed by atoms with Crippen LogP contribution in [0, 0.1) is 0 Å². The van der Waals surface area contributed by atoms with Crippen LogP contribution in [-0.2, 0) is 23.6 Å². The van der Waals surface area contributed by atoms with E-state index in [9.17, 15) is 35.5 Å². The minimum Gasteiger partial charge on any atom is -0.298 e. The van der Waals surface area contributed by atoms with Crippen LogP contribution < -0.4 is 10.3 Å². The van der Waals surface area contributed by atoms with Crippen LogP contribution in [0.5, 0.6) is 0 Å². The number of nitrogens with one attached hydrogen (secondary N) is 1. The maximum absolute atomic E-state index is 14.5. The molecule has 1 N–H and O–H groups in total. The Hall–Kier alpha value is -2.73. The molecule has 0 atom stereocenters. The van der Waals surface area contributed by atoms with Crippen molar-refractivity contribution in [1.29, 1.82) is 0 Å². The van der Waals surface area contributed by atoms with Gasteiger partial charge < -0.3 is 0 Å². The van der Waals surface area contributed by atoms with Crippen LogP contribution in [0.3, 0.4) is 0 Å². The van der Waals surface area contributed by atoms with Crippen molar-refractivity contribution in [2.75, 3.05) is 11.6 Å². The summed E-state index contributed by atoms with van der Waals surface area (Å²) >= 11 is 0. The molecule has 1 aromatic carbocycles. The van der Waals surface area contributed by atoms with Crippen molar-refractivity contribution >= 4 is 11.6 Å². The van der Waals surface area contributed by atoms with Gasteiger partial charge in [0.05, 0.1) is 6.67 Å². The first-order chi connectivity index (χ1) is 14.3. The van der Waals surface area contributed by atoms with E-state index in [1.54, 1.807) is 24.5 Å². The molecule has 0 radical (unpaired) electrons. The molecule has 1 aliphatic heterocycles. The van der Waals surface area contributed by atoms with Gasteiger partial charge in [-0.2, -0.15) is 26.3 Å². The van der Waals surface area contributed by atoms with Crippen molar-refractivity contribution in [3.63, 3.8) is 0 Å². The number of benzene rings is 1. The van der Waals surface area contributed by atoms with Gasteiger partial charge in [0, 0.05) is 43.7 Å². The molecule has 5 nitrogen and oxygen atoms in total. The van der Waals surface area contributed by atoms with Crippen molar-refractivity contribution in [3.05, 3.63) is 59.4 Å². The first kappa shape index (κ1) is 22.9. The first-order valence-corrected chi connectivity index (χ1v) is 8.96. The van der Waals surface area contributed by atoms with Gasteiger partial charge in [-0.1, -0.05) is 12.1 Å². The smallest absolute Gasteiger partial charge is 0.298 e. The predicted octanol–water partition coefficient (Wildman–Crippen LogP) is 4.20. The highest BCUT2D eigenvalue weighted by Gasteiger charge is 2.73. The lowest BCUT2D eigenvalue weighted by molar-refractivity contribution is -0.348. The van der Waals surface area contributed by atoms with Crippen molar-refractivity contribution in [2.45, 2.75) is 38.0 Å². The van der Waals surface area contributed by atoms with Crippen LogP contribution in [0.1, 0.15) is 23.6 Å². The van der Waals surface area contributed by atoms with Gasteiger partial charge in [0.25, 0.3) is 0 Å². The molecular formula is C19H17F7N4O. The number of carbonyl (C=O) groups excluding carboxylic acids is 1. The van der Waals surface area contributed by atoms with Crippen molar-refractivity contribution in [1.82, 2.24) is 15.4 Å². The van der Waals surface area contributed by atoms with Crippen LogP contribution in [0.4, 0.5) is 36.4 Å². The summed E-state index contributed by atoms with van der Waals surface area (Å²) in [5, 5.41) is 1.43. The zero-order chi connectivity index (χ0) is 23.0. The van der Waals surface area contributed by atoms with Crippen LogP contribution in [0.2, 0.25) is 0 Å². The molecule has 3 rings (SSSR count). The number of alkyl halides is 7. The number of halogens is 7. The molecule has 1 amide bonds. The minimum absolute atomic E-state index is 0.0126. The number of carbonyl (C=O) groups is 1. The topological polar surface area (TPSA) is 48.5 Å². The molecule has 0 unspecified atom stereocenters. The zero-order valence-electron chi connectivity index (χ0n) is 16.1. The van der Waals surface area contributed by atoms with Gasteiger partial charge in [-0.05, 0) is 29.3 Å². The number of hydrogen-bond donors (Lipinski definition) is 1. The van der Waals surface area contributed by atoms with E-state index in [0.717, 1.165) is 11.6 Å². The molecular weight excluding hydrogens is 433 g/mol. The lowest BCUT2D eigenvalue weighted by atomic mass is 9.91. The normalized spacial score (nSPS) is 15.7. The second kappa shape index (κ2) is 8.08. The molecule has 2 heterocycles. The number of rotatable bonds is 4. The van der Waals surface area contributed by atoms with E-state index in [-0.39, 0.29) is 31.0 Å². The van der Waals surface area contributed by atoms with Crippen LogP contribution >= 0.6 is 0 Å². The molecule has 168 valence electrons. The quantitative estimate of drug-likeness (QED) is 0.710. The Labute approximate surface area is 172 Å². The average Bonchev–Trinajstić information content (AvgIpc) is 2.69. The Balaban J connectivity index is 1.96. The summed E-state index contributed by atoms with van der Waals surface area (Å²) in [4.78, 5) is 17.1. The van der Waals surface area contributed by atoms with E-state index < -0.39 is 29.5 Å². The highest BCUT2D eigenvalue weighted by Crippen LogP contribution is 2.53. The Morgan fingerprint density at radius 1 is 1.10 bits per heavy atom. The molecule has 1 aromatic heterocycles. The van der Waals surface area contributed by atoms with Gasteiger partial charge in [-0.15, -0.1) is 0 Å². The summed E-state index contributed by atoms with van der Waals surface area (Å²) in [7, 11) is 0. The SMILES string of the molecule is CC(=O)N1CN(NCc2cccnc2)Cc2cc(C(F)(C(F)(F)F)C(F)(F)F)ccc21. The number of anilines is 1. The summed E-state index contributed by atoms with van der Waals surface area (Å²) in [6.07, 6.45) is -9.31. The summed E-state index contributed by atoms with van der Waals surface area (Å²) in [6.45, 7) is 1.28. The number of aromatic nitrogens is 1. The van der Waals surface area contributed by atoms with Crippen molar-refractivity contribution in [3.8, 4) is 0 Å². The maximum atomic E-state index is 14.5. The zero-order valence-corrected chi connectivity index (χ0v) is 16.1. The second-order valence-corrected chi connectivity index (χ2v) is 6.98. The molecule has 12 heteroatoms. The number of nitrogens with zero attached hydrogens (tertiary/aromatic N) is 3. The highest BCUT2D eigenvalue weighted by atomic mass is 19.4. The maximum Gasteiger partial charge on any atom is 0.435 e. The second-order valence-electron chi connectivity index (χ2n) is 6.98. The van der Waals surface area contributed by atoms with E-state index in [2.05, 4.69) is 10.4 Å². The monoisotopic (exact) mass is 450 g/mol. The van der Waals surface area contributed by atoms with Crippen LogP contribution in [0.25, 0.3) is 0 Å². The molecule has 0 saturated carbocycles. The molecule has 0 bridgehead atoms. The van der Waals surface area contributed by atoms with Gasteiger partial charge in [0.1, 0.15) is 0 Å². The molecule has 0 spiro atoms. The summed E-state index contributed by atoms with van der Waals surface area (Å²) in [5.74, 6) is -0.486. The molecule has 2 aromatic rings. The summed E-state index contributed by atoms with van der Waals surface area (Å²) < 4.78 is 93.2. The van der Waals surface area contributed by atoms with Gasteiger partial charge in [-0.3, -0.25) is 14.7 Å². The lowest BCUT2D eigenvalue weighted by Crippen LogP contribution is -2.52. The van der Waals surface area contributed by atoms with Crippen molar-refractivity contribution < 1.29 is 35.5 Å². The Morgan fingerprint density at radius 3 is 2.32 bits per heavy atom. The predicted molar refractivity (Wildman–Crippen MR) is 96.0 cm³/mol. The van der Waals surface area contributed by atoms with Gasteiger partial charge in [0.15, 0.2) is 0 Å². The van der Waals surface area contributed by atoms with Crippen molar-refractivity contribution in [2.24, 2.45) is 0 Å². The molecule has 31 heavy (non-hydrogen) atoms. The third kappa shape index (κ3) is 4.35. The van der Waals surface area contributed by atoms with E-state index >= 15 is 0 Å². The van der Waals surface area contributed by atoms with E-state index in [1.165, 1.54) is 16.8 Å². The minimum atomic E-state index is -6.22. The molecule has 1 aliphatic rings. The van der Waals surface area contributed by atoms with E-state index in [4.69, 9.17) is 0 Å². The van der Waals surface area contributed by atoms with E-state index in [1.807, 2.05) is 0 Å². The third-order valence-electron chi connectivity index (χ3n) is 4.83. The third-order valence-corrected chi connectivity index (χ3v) is 4.83. The number of hydrogen-bond acceptors (Lipinski definition) is 4. The number of pyridine rings is 1.